The zero-order valence-electron chi connectivity index (χ0n) is 11.6. The molecule has 0 heterocycles. The van der Waals surface area contributed by atoms with Gasteiger partial charge in [0.1, 0.15) is 6.04 Å². The number of nitrogens with one attached hydrogen (secondary N) is 1. The number of hydrogen-bond acceptors (Lipinski definition) is 4. The highest BCUT2D eigenvalue weighted by molar-refractivity contribution is 7.91. The average molecular weight is 321 g/mol. The zero-order valence-corrected chi connectivity index (χ0v) is 13.2. The molecule has 0 radical (unpaired) electrons. The summed E-state index contributed by atoms with van der Waals surface area (Å²) < 4.78 is 22.9. The van der Waals surface area contributed by atoms with Crippen molar-refractivity contribution >= 4 is 28.2 Å². The Balaban J connectivity index is 0.00000361. The number of nitrogens with two attached hydrogens (primary N) is 1. The molecule has 0 fully saturated rings. The number of amides is 1. The second-order valence-corrected chi connectivity index (χ2v) is 6.89. The molecule has 0 saturated carbocycles. The van der Waals surface area contributed by atoms with Crippen molar-refractivity contribution in [2.75, 3.05) is 11.5 Å². The van der Waals surface area contributed by atoms with Gasteiger partial charge in [-0.25, -0.2) is 8.42 Å². The fourth-order valence-electron chi connectivity index (χ4n) is 1.68. The Labute approximate surface area is 126 Å². The van der Waals surface area contributed by atoms with Gasteiger partial charge in [-0.3, -0.25) is 4.79 Å². The molecule has 0 spiro atoms. The Bertz CT molecular complexity index is 520. The molecule has 1 aromatic rings. The minimum atomic E-state index is -3.11. The van der Waals surface area contributed by atoms with Gasteiger partial charge in [-0.15, -0.1) is 12.4 Å². The van der Waals surface area contributed by atoms with Crippen molar-refractivity contribution in [2.45, 2.75) is 25.9 Å². The lowest BCUT2D eigenvalue weighted by atomic mass is 10.1. The van der Waals surface area contributed by atoms with Gasteiger partial charge >= 0.3 is 0 Å². The molecule has 0 aliphatic carbocycles. The van der Waals surface area contributed by atoms with Crippen LogP contribution >= 0.6 is 12.4 Å². The van der Waals surface area contributed by atoms with E-state index in [4.69, 9.17) is 5.73 Å². The summed E-state index contributed by atoms with van der Waals surface area (Å²) in [6, 6.07) is 7.72. The highest BCUT2D eigenvalue weighted by Crippen LogP contribution is 2.09. The minimum Gasteiger partial charge on any atom is -0.351 e. The quantitative estimate of drug-likeness (QED) is 0.820. The molecule has 20 heavy (non-hydrogen) atoms. The molecule has 0 bridgehead atoms. The summed E-state index contributed by atoms with van der Waals surface area (Å²) in [6.07, 6.45) is 0. The zero-order chi connectivity index (χ0) is 14.5. The van der Waals surface area contributed by atoms with E-state index < -0.39 is 21.9 Å². The van der Waals surface area contributed by atoms with Crippen molar-refractivity contribution in [1.29, 1.82) is 0 Å². The Morgan fingerprint density at radius 2 is 1.85 bits per heavy atom. The fourth-order valence-corrected chi connectivity index (χ4v) is 2.77. The SMILES string of the molecule is CCS(=O)(=O)CC(C)NC(=O)C(N)c1ccccc1.Cl. The summed E-state index contributed by atoms with van der Waals surface area (Å²) in [6.45, 7) is 3.24. The molecule has 3 N–H and O–H groups in total. The highest BCUT2D eigenvalue weighted by atomic mass is 35.5. The van der Waals surface area contributed by atoms with Gasteiger partial charge < -0.3 is 11.1 Å². The molecule has 114 valence electrons. The van der Waals surface area contributed by atoms with Crippen LogP contribution in [0.2, 0.25) is 0 Å². The first-order chi connectivity index (χ1) is 8.85. The Morgan fingerprint density at radius 1 is 1.30 bits per heavy atom. The number of sulfone groups is 1. The van der Waals surface area contributed by atoms with E-state index in [2.05, 4.69) is 5.32 Å². The largest absolute Gasteiger partial charge is 0.351 e. The molecular weight excluding hydrogens is 300 g/mol. The number of carbonyl (C=O) groups is 1. The molecule has 0 saturated heterocycles. The van der Waals surface area contributed by atoms with Crippen molar-refractivity contribution < 1.29 is 13.2 Å². The van der Waals surface area contributed by atoms with Gasteiger partial charge in [0.05, 0.1) is 5.75 Å². The van der Waals surface area contributed by atoms with E-state index in [-0.39, 0.29) is 29.8 Å². The van der Waals surface area contributed by atoms with Crippen molar-refractivity contribution in [2.24, 2.45) is 5.73 Å². The second-order valence-electron chi connectivity index (χ2n) is 4.50. The van der Waals surface area contributed by atoms with Crippen LogP contribution in [-0.4, -0.2) is 31.9 Å². The molecule has 1 amide bonds. The van der Waals surface area contributed by atoms with Crippen molar-refractivity contribution in [3.8, 4) is 0 Å². The summed E-state index contributed by atoms with van der Waals surface area (Å²) in [7, 11) is -3.11. The van der Waals surface area contributed by atoms with Crippen LogP contribution in [0.1, 0.15) is 25.5 Å². The molecule has 1 rings (SSSR count). The maximum absolute atomic E-state index is 11.9. The molecule has 0 aliphatic rings. The van der Waals surface area contributed by atoms with Crippen molar-refractivity contribution in [3.05, 3.63) is 35.9 Å². The lowest BCUT2D eigenvalue weighted by Gasteiger charge is -2.17. The summed E-state index contributed by atoms with van der Waals surface area (Å²) in [4.78, 5) is 11.9. The number of benzene rings is 1. The van der Waals surface area contributed by atoms with E-state index >= 15 is 0 Å². The summed E-state index contributed by atoms with van der Waals surface area (Å²) >= 11 is 0. The van der Waals surface area contributed by atoms with Crippen molar-refractivity contribution in [3.63, 3.8) is 0 Å². The number of carbonyl (C=O) groups excluding carboxylic acids is 1. The van der Waals surface area contributed by atoms with E-state index in [1.54, 1.807) is 38.1 Å². The monoisotopic (exact) mass is 320 g/mol. The first kappa shape index (κ1) is 18.9. The standard InChI is InChI=1S/C13H20N2O3S.ClH/c1-3-19(17,18)9-10(2)15-13(16)12(14)11-7-5-4-6-8-11;/h4-8,10,12H,3,9,14H2,1-2H3,(H,15,16);1H. The number of hydrogen-bond donors (Lipinski definition) is 2. The first-order valence-electron chi connectivity index (χ1n) is 6.17. The third-order valence-corrected chi connectivity index (χ3v) is 4.66. The smallest absolute Gasteiger partial charge is 0.241 e. The summed E-state index contributed by atoms with van der Waals surface area (Å²) in [5.41, 5.74) is 6.52. The van der Waals surface area contributed by atoms with Crippen LogP contribution in [0.3, 0.4) is 0 Å². The van der Waals surface area contributed by atoms with Gasteiger partial charge in [-0.1, -0.05) is 37.3 Å². The van der Waals surface area contributed by atoms with E-state index in [1.165, 1.54) is 0 Å². The molecule has 2 atom stereocenters. The van der Waals surface area contributed by atoms with E-state index in [0.29, 0.717) is 5.56 Å². The van der Waals surface area contributed by atoms with E-state index in [1.807, 2.05) is 6.07 Å². The van der Waals surface area contributed by atoms with Gasteiger partial charge in [0.2, 0.25) is 5.91 Å². The normalized spacial score (nSPS) is 13.9. The maximum Gasteiger partial charge on any atom is 0.241 e. The minimum absolute atomic E-state index is 0. The number of halogens is 1. The van der Waals surface area contributed by atoms with E-state index in [0.717, 1.165) is 0 Å². The van der Waals surface area contributed by atoms with Gasteiger partial charge in [0.15, 0.2) is 9.84 Å². The third-order valence-electron chi connectivity index (χ3n) is 2.77. The molecule has 0 aliphatic heterocycles. The summed E-state index contributed by atoms with van der Waals surface area (Å²) in [5.74, 6) is -0.376. The molecule has 0 aromatic heterocycles. The number of rotatable bonds is 6. The first-order valence-corrected chi connectivity index (χ1v) is 7.99. The van der Waals surface area contributed by atoms with Crippen LogP contribution in [0.25, 0.3) is 0 Å². The van der Waals surface area contributed by atoms with Gasteiger partial charge in [-0.2, -0.15) is 0 Å². The average Bonchev–Trinajstić information content (AvgIpc) is 2.38. The van der Waals surface area contributed by atoms with Gasteiger partial charge in [-0.05, 0) is 12.5 Å². The summed E-state index contributed by atoms with van der Waals surface area (Å²) in [5, 5.41) is 2.63. The molecular formula is C13H21ClN2O3S. The van der Waals surface area contributed by atoms with Crippen LogP contribution in [0, 0.1) is 0 Å². The van der Waals surface area contributed by atoms with Crippen LogP contribution in [0.5, 0.6) is 0 Å². The Morgan fingerprint density at radius 3 is 2.35 bits per heavy atom. The predicted octanol–water partition coefficient (Wildman–Crippen LogP) is 1.05. The van der Waals surface area contributed by atoms with Gasteiger partial charge in [0, 0.05) is 11.8 Å². The highest BCUT2D eigenvalue weighted by Gasteiger charge is 2.20. The van der Waals surface area contributed by atoms with Crippen LogP contribution < -0.4 is 11.1 Å². The van der Waals surface area contributed by atoms with Crippen LogP contribution in [0.4, 0.5) is 0 Å². The Hall–Kier alpha value is -1.11. The molecule has 5 nitrogen and oxygen atoms in total. The molecule has 2 unspecified atom stereocenters. The topological polar surface area (TPSA) is 89.3 Å². The van der Waals surface area contributed by atoms with Crippen molar-refractivity contribution in [1.82, 2.24) is 5.32 Å². The maximum atomic E-state index is 11.9. The predicted molar refractivity (Wildman–Crippen MR) is 82.6 cm³/mol. The third kappa shape index (κ3) is 5.90. The van der Waals surface area contributed by atoms with Crippen LogP contribution in [-0.2, 0) is 14.6 Å². The molecule has 7 heteroatoms. The van der Waals surface area contributed by atoms with Crippen LogP contribution in [0.15, 0.2) is 30.3 Å². The molecule has 1 aromatic carbocycles. The van der Waals surface area contributed by atoms with E-state index in [9.17, 15) is 13.2 Å². The fraction of sp³-hybridized carbons (Fsp3) is 0.462. The Kier molecular flexibility index (Phi) is 7.78. The van der Waals surface area contributed by atoms with Gasteiger partial charge in [0.25, 0.3) is 0 Å². The second kappa shape index (κ2) is 8.24. The lowest BCUT2D eigenvalue weighted by molar-refractivity contribution is -0.122. The lowest BCUT2D eigenvalue weighted by Crippen LogP contribution is -2.42.